The van der Waals surface area contributed by atoms with Gasteiger partial charge in [-0.15, -0.1) is 11.3 Å². The fourth-order valence-corrected chi connectivity index (χ4v) is 5.78. The van der Waals surface area contributed by atoms with Crippen LogP contribution in [0.15, 0.2) is 48.5 Å². The summed E-state index contributed by atoms with van der Waals surface area (Å²) in [6.45, 7) is 2.94. The summed E-state index contributed by atoms with van der Waals surface area (Å²) in [6, 6.07) is 13.9. The van der Waals surface area contributed by atoms with Crippen LogP contribution in [0.1, 0.15) is 69.4 Å². The van der Waals surface area contributed by atoms with Gasteiger partial charge in [0.2, 0.25) is 0 Å². The van der Waals surface area contributed by atoms with Crippen LogP contribution in [0.2, 0.25) is 0 Å². The Bertz CT molecular complexity index is 1220. The SMILES string of the molecule is Cc1cccc(C(=O)NC[C@@H]2CCCCN2C(=O)c2nc(C3CC3)sc2-c2ccccc2F)c1. The zero-order valence-electron chi connectivity index (χ0n) is 19.2. The van der Waals surface area contributed by atoms with Gasteiger partial charge in [-0.05, 0) is 57.2 Å². The van der Waals surface area contributed by atoms with Crippen molar-refractivity contribution in [3.63, 3.8) is 0 Å². The van der Waals surface area contributed by atoms with Gasteiger partial charge in [0.1, 0.15) is 11.5 Å². The highest BCUT2D eigenvalue weighted by Gasteiger charge is 2.35. The van der Waals surface area contributed by atoms with Gasteiger partial charge < -0.3 is 10.2 Å². The molecule has 5 nitrogen and oxygen atoms in total. The molecule has 1 N–H and O–H groups in total. The smallest absolute Gasteiger partial charge is 0.274 e. The molecule has 1 aliphatic heterocycles. The molecule has 0 unspecified atom stereocenters. The molecule has 34 heavy (non-hydrogen) atoms. The Labute approximate surface area is 203 Å². The van der Waals surface area contributed by atoms with E-state index in [2.05, 4.69) is 5.32 Å². The molecule has 2 amide bonds. The van der Waals surface area contributed by atoms with E-state index in [-0.39, 0.29) is 23.7 Å². The van der Waals surface area contributed by atoms with E-state index in [1.54, 1.807) is 24.3 Å². The van der Waals surface area contributed by atoms with E-state index in [4.69, 9.17) is 4.98 Å². The lowest BCUT2D eigenvalue weighted by molar-refractivity contribution is 0.0598. The van der Waals surface area contributed by atoms with Gasteiger partial charge in [-0.25, -0.2) is 9.37 Å². The minimum atomic E-state index is -0.344. The first kappa shape index (κ1) is 22.7. The van der Waals surface area contributed by atoms with Crippen LogP contribution in [0.5, 0.6) is 0 Å². The number of piperidine rings is 1. The molecular weight excluding hydrogens is 449 g/mol. The van der Waals surface area contributed by atoms with Crippen molar-refractivity contribution < 1.29 is 14.0 Å². The van der Waals surface area contributed by atoms with Crippen molar-refractivity contribution in [2.45, 2.75) is 51.0 Å². The number of thiazole rings is 1. The molecule has 0 spiro atoms. The highest BCUT2D eigenvalue weighted by molar-refractivity contribution is 7.15. The maximum atomic E-state index is 14.7. The average Bonchev–Trinajstić information content (AvgIpc) is 3.61. The van der Waals surface area contributed by atoms with E-state index in [0.29, 0.717) is 40.7 Å². The number of carbonyl (C=O) groups is 2. The number of hydrogen-bond donors (Lipinski definition) is 1. The molecule has 2 heterocycles. The van der Waals surface area contributed by atoms with Crippen LogP contribution >= 0.6 is 11.3 Å². The van der Waals surface area contributed by atoms with E-state index >= 15 is 0 Å². The van der Waals surface area contributed by atoms with Gasteiger partial charge in [0.25, 0.3) is 11.8 Å². The van der Waals surface area contributed by atoms with Crippen LogP contribution in [0.25, 0.3) is 10.4 Å². The standard InChI is InChI=1S/C27H28FN3O2S/c1-17-7-6-8-19(15-17)25(32)29-16-20-9-4-5-14-31(20)27(33)23-24(21-10-2-3-11-22(21)28)34-26(30-23)18-12-13-18/h2-3,6-8,10-11,15,18,20H,4-5,9,12-14,16H2,1H3,(H,29,32)/t20-/m0/s1. The van der Waals surface area contributed by atoms with Crippen molar-refractivity contribution in [3.05, 3.63) is 76.2 Å². The average molecular weight is 478 g/mol. The zero-order chi connectivity index (χ0) is 23.7. The number of aromatic nitrogens is 1. The number of amides is 2. The number of likely N-dealkylation sites (tertiary alicyclic amines) is 1. The number of benzene rings is 2. The Hall–Kier alpha value is -3.06. The summed E-state index contributed by atoms with van der Waals surface area (Å²) in [5.74, 6) is -0.277. The van der Waals surface area contributed by atoms with Crippen LogP contribution in [-0.4, -0.2) is 40.8 Å². The number of carbonyl (C=O) groups excluding carboxylic acids is 2. The van der Waals surface area contributed by atoms with Crippen LogP contribution in [-0.2, 0) is 0 Å². The number of hydrogen-bond acceptors (Lipinski definition) is 4. The lowest BCUT2D eigenvalue weighted by Crippen LogP contribution is -2.49. The number of rotatable bonds is 6. The Morgan fingerprint density at radius 3 is 2.71 bits per heavy atom. The van der Waals surface area contributed by atoms with Crippen molar-refractivity contribution in [1.29, 1.82) is 0 Å². The Kier molecular flexibility index (Phi) is 6.46. The van der Waals surface area contributed by atoms with Crippen LogP contribution in [0.3, 0.4) is 0 Å². The van der Waals surface area contributed by atoms with Crippen molar-refractivity contribution in [2.24, 2.45) is 0 Å². The molecule has 2 fully saturated rings. The third-order valence-corrected chi connectivity index (χ3v) is 7.81. The third kappa shape index (κ3) is 4.75. The Morgan fingerprint density at radius 1 is 1.12 bits per heavy atom. The lowest BCUT2D eigenvalue weighted by atomic mass is 10.0. The monoisotopic (exact) mass is 477 g/mol. The second kappa shape index (κ2) is 9.66. The highest BCUT2D eigenvalue weighted by Crippen LogP contribution is 2.45. The maximum Gasteiger partial charge on any atom is 0.274 e. The Morgan fingerprint density at radius 2 is 1.94 bits per heavy atom. The maximum absolute atomic E-state index is 14.7. The predicted molar refractivity (Wildman–Crippen MR) is 132 cm³/mol. The largest absolute Gasteiger partial charge is 0.350 e. The molecule has 7 heteroatoms. The van der Waals surface area contributed by atoms with Crippen molar-refractivity contribution in [2.75, 3.05) is 13.1 Å². The van der Waals surface area contributed by atoms with E-state index in [0.717, 1.165) is 42.7 Å². The summed E-state index contributed by atoms with van der Waals surface area (Å²) >= 11 is 1.44. The second-order valence-corrected chi connectivity index (χ2v) is 10.2. The predicted octanol–water partition coefficient (Wildman–Crippen LogP) is 5.56. The summed E-state index contributed by atoms with van der Waals surface area (Å²) in [4.78, 5) is 33.6. The molecule has 1 saturated carbocycles. The van der Waals surface area contributed by atoms with Gasteiger partial charge in [0.05, 0.1) is 9.88 Å². The summed E-state index contributed by atoms with van der Waals surface area (Å²) in [6.07, 6.45) is 4.85. The second-order valence-electron chi connectivity index (χ2n) is 9.21. The summed E-state index contributed by atoms with van der Waals surface area (Å²) < 4.78 is 14.7. The number of aryl methyl sites for hydroxylation is 1. The van der Waals surface area contributed by atoms with Gasteiger partial charge in [0.15, 0.2) is 0 Å². The fraction of sp³-hybridized carbons (Fsp3) is 0.370. The van der Waals surface area contributed by atoms with Crippen LogP contribution in [0, 0.1) is 12.7 Å². The lowest BCUT2D eigenvalue weighted by Gasteiger charge is -2.35. The van der Waals surface area contributed by atoms with Crippen molar-refractivity contribution in [3.8, 4) is 10.4 Å². The summed E-state index contributed by atoms with van der Waals surface area (Å²) in [5.41, 5.74) is 2.41. The first-order valence-corrected chi connectivity index (χ1v) is 12.7. The van der Waals surface area contributed by atoms with E-state index in [9.17, 15) is 14.0 Å². The van der Waals surface area contributed by atoms with Gasteiger partial charge in [-0.2, -0.15) is 0 Å². The fourth-order valence-electron chi connectivity index (χ4n) is 4.53. The van der Waals surface area contributed by atoms with Gasteiger partial charge in [-0.1, -0.05) is 35.9 Å². The number of nitrogens with one attached hydrogen (secondary N) is 1. The normalized spacial score (nSPS) is 18.1. The molecule has 2 aromatic carbocycles. The molecule has 176 valence electrons. The molecule has 0 radical (unpaired) electrons. The van der Waals surface area contributed by atoms with Crippen molar-refractivity contribution in [1.82, 2.24) is 15.2 Å². The quantitative estimate of drug-likeness (QED) is 0.506. The van der Waals surface area contributed by atoms with Crippen LogP contribution < -0.4 is 5.32 Å². The summed E-state index contributed by atoms with van der Waals surface area (Å²) in [5, 5.41) is 3.93. The van der Waals surface area contributed by atoms with E-state index < -0.39 is 0 Å². The van der Waals surface area contributed by atoms with E-state index in [1.807, 2.05) is 30.0 Å². The highest BCUT2D eigenvalue weighted by atomic mass is 32.1. The number of halogens is 1. The first-order chi connectivity index (χ1) is 16.5. The van der Waals surface area contributed by atoms with E-state index in [1.165, 1.54) is 17.4 Å². The molecule has 0 bridgehead atoms. The molecule has 2 aliphatic rings. The minimum absolute atomic E-state index is 0.116. The molecule has 1 aliphatic carbocycles. The topological polar surface area (TPSA) is 62.3 Å². The molecule has 1 atom stereocenters. The summed E-state index contributed by atoms with van der Waals surface area (Å²) in [7, 11) is 0. The molecular formula is C27H28FN3O2S. The van der Waals surface area contributed by atoms with Gasteiger partial charge in [-0.3, -0.25) is 9.59 Å². The first-order valence-electron chi connectivity index (χ1n) is 11.9. The number of nitrogens with zero attached hydrogens (tertiary/aromatic N) is 2. The van der Waals surface area contributed by atoms with Gasteiger partial charge >= 0.3 is 0 Å². The minimum Gasteiger partial charge on any atom is -0.350 e. The molecule has 1 saturated heterocycles. The molecule has 3 aromatic rings. The molecule has 1 aromatic heterocycles. The van der Waals surface area contributed by atoms with Crippen molar-refractivity contribution >= 4 is 23.2 Å². The molecule has 5 rings (SSSR count). The zero-order valence-corrected chi connectivity index (χ0v) is 20.0. The van der Waals surface area contributed by atoms with Crippen LogP contribution in [0.4, 0.5) is 4.39 Å². The Balaban J connectivity index is 1.38. The third-order valence-electron chi connectivity index (χ3n) is 6.56. The van der Waals surface area contributed by atoms with Gasteiger partial charge in [0, 0.05) is 36.2 Å².